The Hall–Kier alpha value is -2.99. The molecule has 2 heterocycles. The van der Waals surface area contributed by atoms with Crippen LogP contribution in [0.1, 0.15) is 11.1 Å². The molecule has 0 aliphatic carbocycles. The SMILES string of the molecule is COC(=O)C1Cc2ccccc2CN1Cn1cnc2ccccc2c1=O. The van der Waals surface area contributed by atoms with Gasteiger partial charge in [-0.3, -0.25) is 19.1 Å². The Morgan fingerprint density at radius 1 is 1.15 bits per heavy atom. The van der Waals surface area contributed by atoms with Gasteiger partial charge in [0.1, 0.15) is 6.04 Å². The lowest BCUT2D eigenvalue weighted by molar-refractivity contribution is -0.148. The highest BCUT2D eigenvalue weighted by Gasteiger charge is 2.32. The van der Waals surface area contributed by atoms with E-state index in [2.05, 4.69) is 11.1 Å². The first-order valence-electron chi connectivity index (χ1n) is 8.50. The Bertz CT molecular complexity index is 1030. The Kier molecular flexibility index (Phi) is 4.26. The molecule has 0 spiro atoms. The van der Waals surface area contributed by atoms with Crippen molar-refractivity contribution in [2.45, 2.75) is 25.7 Å². The van der Waals surface area contributed by atoms with Gasteiger partial charge in [0.05, 0.1) is 31.0 Å². The fourth-order valence-electron chi connectivity index (χ4n) is 3.50. The van der Waals surface area contributed by atoms with E-state index in [9.17, 15) is 9.59 Å². The zero-order valence-corrected chi connectivity index (χ0v) is 14.5. The van der Waals surface area contributed by atoms with Crippen LogP contribution in [0.4, 0.5) is 0 Å². The van der Waals surface area contributed by atoms with Crippen molar-refractivity contribution in [2.24, 2.45) is 0 Å². The van der Waals surface area contributed by atoms with Crippen LogP contribution in [0, 0.1) is 0 Å². The van der Waals surface area contributed by atoms with Crippen LogP contribution in [0.25, 0.3) is 10.9 Å². The predicted octanol–water partition coefficient (Wildman–Crippen LogP) is 1.95. The standard InChI is InChI=1S/C20H19N3O3/c1-26-20(25)18-10-14-6-2-3-7-15(14)11-22(18)13-23-12-21-17-9-5-4-8-16(17)19(23)24/h2-9,12,18H,10-11,13H2,1H3. The van der Waals surface area contributed by atoms with E-state index in [1.54, 1.807) is 17.0 Å². The lowest BCUT2D eigenvalue weighted by Crippen LogP contribution is -2.47. The first kappa shape index (κ1) is 16.5. The Morgan fingerprint density at radius 2 is 1.88 bits per heavy atom. The fraction of sp³-hybridized carbons (Fsp3) is 0.250. The summed E-state index contributed by atoms with van der Waals surface area (Å²) in [6.07, 6.45) is 2.11. The first-order valence-corrected chi connectivity index (χ1v) is 8.50. The second kappa shape index (κ2) is 6.72. The van der Waals surface area contributed by atoms with Gasteiger partial charge in [-0.1, -0.05) is 36.4 Å². The van der Waals surface area contributed by atoms with E-state index in [-0.39, 0.29) is 18.2 Å². The third-order valence-electron chi connectivity index (χ3n) is 4.88. The van der Waals surface area contributed by atoms with Crippen molar-refractivity contribution in [3.63, 3.8) is 0 Å². The minimum atomic E-state index is -0.423. The van der Waals surface area contributed by atoms with E-state index in [0.29, 0.717) is 23.9 Å². The predicted molar refractivity (Wildman–Crippen MR) is 97.5 cm³/mol. The van der Waals surface area contributed by atoms with Crippen molar-refractivity contribution in [3.05, 3.63) is 76.3 Å². The van der Waals surface area contributed by atoms with Gasteiger partial charge < -0.3 is 4.74 Å². The molecule has 0 bridgehead atoms. The summed E-state index contributed by atoms with van der Waals surface area (Å²) >= 11 is 0. The molecule has 3 aromatic rings. The molecule has 6 heteroatoms. The Labute approximate surface area is 150 Å². The van der Waals surface area contributed by atoms with Gasteiger partial charge in [-0.15, -0.1) is 0 Å². The molecular formula is C20H19N3O3. The molecule has 26 heavy (non-hydrogen) atoms. The van der Waals surface area contributed by atoms with Crippen LogP contribution in [0.2, 0.25) is 0 Å². The van der Waals surface area contributed by atoms with Gasteiger partial charge in [0, 0.05) is 6.54 Å². The van der Waals surface area contributed by atoms with E-state index in [1.165, 1.54) is 7.11 Å². The number of ether oxygens (including phenoxy) is 1. The molecule has 6 nitrogen and oxygen atoms in total. The lowest BCUT2D eigenvalue weighted by Gasteiger charge is -2.35. The zero-order valence-electron chi connectivity index (χ0n) is 14.5. The smallest absolute Gasteiger partial charge is 0.323 e. The normalized spacial score (nSPS) is 17.0. The summed E-state index contributed by atoms with van der Waals surface area (Å²) in [7, 11) is 1.39. The van der Waals surface area contributed by atoms with Crippen molar-refractivity contribution in [3.8, 4) is 0 Å². The average Bonchev–Trinajstić information content (AvgIpc) is 2.69. The number of para-hydroxylation sites is 1. The molecule has 1 atom stereocenters. The van der Waals surface area contributed by atoms with Crippen LogP contribution in [0.3, 0.4) is 0 Å². The zero-order chi connectivity index (χ0) is 18.1. The molecule has 2 aromatic carbocycles. The third-order valence-corrected chi connectivity index (χ3v) is 4.88. The lowest BCUT2D eigenvalue weighted by atomic mass is 9.94. The molecule has 0 radical (unpaired) electrons. The largest absolute Gasteiger partial charge is 0.468 e. The molecule has 1 aliphatic rings. The number of nitrogens with zero attached hydrogens (tertiary/aromatic N) is 3. The summed E-state index contributed by atoms with van der Waals surface area (Å²) in [6.45, 7) is 0.861. The van der Waals surface area contributed by atoms with Crippen LogP contribution in [-0.2, 0) is 29.2 Å². The van der Waals surface area contributed by atoms with Gasteiger partial charge in [0.15, 0.2) is 0 Å². The maximum absolute atomic E-state index is 12.8. The summed E-state index contributed by atoms with van der Waals surface area (Å²) < 4.78 is 6.54. The summed E-state index contributed by atoms with van der Waals surface area (Å²) in [4.78, 5) is 31.4. The topological polar surface area (TPSA) is 64.4 Å². The number of benzene rings is 2. The molecule has 132 valence electrons. The van der Waals surface area contributed by atoms with Crippen LogP contribution >= 0.6 is 0 Å². The number of hydrogen-bond donors (Lipinski definition) is 0. The van der Waals surface area contributed by atoms with Gasteiger partial charge in [-0.25, -0.2) is 4.98 Å². The number of methoxy groups -OCH3 is 1. The van der Waals surface area contributed by atoms with E-state index < -0.39 is 6.04 Å². The van der Waals surface area contributed by atoms with Crippen molar-refractivity contribution in [1.29, 1.82) is 0 Å². The molecule has 0 fully saturated rings. The average molecular weight is 349 g/mol. The molecule has 0 N–H and O–H groups in total. The quantitative estimate of drug-likeness (QED) is 0.676. The molecule has 1 unspecified atom stereocenters. The number of hydrogen-bond acceptors (Lipinski definition) is 5. The minimum absolute atomic E-state index is 0.113. The van der Waals surface area contributed by atoms with Crippen LogP contribution in [0.15, 0.2) is 59.7 Å². The van der Waals surface area contributed by atoms with E-state index in [1.807, 2.05) is 41.3 Å². The van der Waals surface area contributed by atoms with Crippen molar-refractivity contribution < 1.29 is 9.53 Å². The summed E-state index contributed by atoms with van der Waals surface area (Å²) in [5.74, 6) is -0.290. The molecule has 1 aromatic heterocycles. The number of aromatic nitrogens is 2. The third kappa shape index (κ3) is 2.88. The van der Waals surface area contributed by atoms with E-state index >= 15 is 0 Å². The number of carbonyl (C=O) groups is 1. The number of carbonyl (C=O) groups excluding carboxylic acids is 1. The molecule has 0 saturated heterocycles. The molecule has 4 rings (SSSR count). The minimum Gasteiger partial charge on any atom is -0.468 e. The van der Waals surface area contributed by atoms with Gasteiger partial charge >= 0.3 is 5.97 Å². The maximum Gasteiger partial charge on any atom is 0.323 e. The monoisotopic (exact) mass is 349 g/mol. The van der Waals surface area contributed by atoms with Crippen molar-refractivity contribution >= 4 is 16.9 Å². The van der Waals surface area contributed by atoms with E-state index in [4.69, 9.17) is 4.74 Å². The van der Waals surface area contributed by atoms with Crippen LogP contribution < -0.4 is 5.56 Å². The highest BCUT2D eigenvalue weighted by Crippen LogP contribution is 2.24. The van der Waals surface area contributed by atoms with Crippen molar-refractivity contribution in [2.75, 3.05) is 7.11 Å². The highest BCUT2D eigenvalue weighted by atomic mass is 16.5. The highest BCUT2D eigenvalue weighted by molar-refractivity contribution is 5.77. The van der Waals surface area contributed by atoms with Crippen LogP contribution in [-0.4, -0.2) is 33.6 Å². The van der Waals surface area contributed by atoms with E-state index in [0.717, 1.165) is 11.1 Å². The Balaban J connectivity index is 1.70. The number of fused-ring (bicyclic) bond motifs is 2. The van der Waals surface area contributed by atoms with Gasteiger partial charge in [-0.05, 0) is 29.7 Å². The number of esters is 1. The van der Waals surface area contributed by atoms with Crippen molar-refractivity contribution in [1.82, 2.24) is 14.5 Å². The summed E-state index contributed by atoms with van der Waals surface area (Å²) in [5, 5.41) is 0.571. The molecule has 0 amide bonds. The molecule has 1 aliphatic heterocycles. The number of rotatable bonds is 3. The Morgan fingerprint density at radius 3 is 2.69 bits per heavy atom. The first-order chi connectivity index (χ1) is 12.7. The van der Waals surface area contributed by atoms with Crippen LogP contribution in [0.5, 0.6) is 0 Å². The second-order valence-electron chi connectivity index (χ2n) is 6.44. The molecule has 0 saturated carbocycles. The second-order valence-corrected chi connectivity index (χ2v) is 6.44. The van der Waals surface area contributed by atoms with Gasteiger partial charge in [0.2, 0.25) is 0 Å². The fourth-order valence-corrected chi connectivity index (χ4v) is 3.50. The van der Waals surface area contributed by atoms with Gasteiger partial charge in [-0.2, -0.15) is 0 Å². The summed E-state index contributed by atoms with van der Waals surface area (Å²) in [5.41, 5.74) is 2.86. The molecular weight excluding hydrogens is 330 g/mol. The maximum atomic E-state index is 12.8. The van der Waals surface area contributed by atoms with Gasteiger partial charge in [0.25, 0.3) is 5.56 Å². The summed E-state index contributed by atoms with van der Waals surface area (Å²) in [6, 6.07) is 14.9.